The molecule has 4 heteroatoms. The molecule has 1 saturated carbocycles. The van der Waals surface area contributed by atoms with E-state index in [0.717, 1.165) is 52.7 Å². The Morgan fingerprint density at radius 3 is 2.43 bits per heavy atom. The van der Waals surface area contributed by atoms with E-state index in [-0.39, 0.29) is 5.91 Å². The molecular weight excluding hydrogens is 456 g/mol. The summed E-state index contributed by atoms with van der Waals surface area (Å²) in [6, 6.07) is 23.7. The van der Waals surface area contributed by atoms with Crippen molar-refractivity contribution in [2.24, 2.45) is 0 Å². The van der Waals surface area contributed by atoms with Crippen LogP contribution in [0.3, 0.4) is 0 Å². The zero-order chi connectivity index (χ0) is 25.6. The number of nitrogens with one attached hydrogen (secondary N) is 1. The number of likely N-dealkylation sites (N-methyl/N-ethyl adjacent to an activating group) is 1. The summed E-state index contributed by atoms with van der Waals surface area (Å²) in [6.07, 6.45) is 10.4. The highest BCUT2D eigenvalue weighted by Gasteiger charge is 2.18. The number of fused-ring (bicyclic) bond motifs is 1. The maximum absolute atomic E-state index is 13.2. The van der Waals surface area contributed by atoms with Gasteiger partial charge in [0.25, 0.3) is 5.91 Å². The summed E-state index contributed by atoms with van der Waals surface area (Å²) in [5, 5.41) is 3.09. The number of carbonyl (C=O) groups excluding carboxylic acids is 1. The summed E-state index contributed by atoms with van der Waals surface area (Å²) in [5.41, 5.74) is 7.32. The second kappa shape index (κ2) is 11.8. The number of aryl methyl sites for hydroxylation is 1. The standard InChI is InChI=1S/C33H38N2O2/c1-24-8-12-26(13-9-24)27-14-17-32-29(22-27)23-28(19-21-37-32)33(36)34-30-15-10-25(11-16-30)18-20-35(2)31-6-4-3-5-7-31/h8-17,22-23,31H,3-7,18-21H2,1-2H3,(H,34,36). The van der Waals surface area contributed by atoms with E-state index in [2.05, 4.69) is 72.7 Å². The van der Waals surface area contributed by atoms with Crippen LogP contribution in [0.15, 0.2) is 72.3 Å². The van der Waals surface area contributed by atoms with Gasteiger partial charge in [0, 0.05) is 35.8 Å². The lowest BCUT2D eigenvalue weighted by molar-refractivity contribution is -0.113. The van der Waals surface area contributed by atoms with Crippen LogP contribution in [0.4, 0.5) is 5.69 Å². The quantitative estimate of drug-likeness (QED) is 0.375. The van der Waals surface area contributed by atoms with Gasteiger partial charge in [-0.3, -0.25) is 4.79 Å². The van der Waals surface area contributed by atoms with Crippen LogP contribution in [0.1, 0.15) is 55.2 Å². The Labute approximate surface area is 221 Å². The van der Waals surface area contributed by atoms with Crippen molar-refractivity contribution in [3.63, 3.8) is 0 Å². The monoisotopic (exact) mass is 494 g/mol. The van der Waals surface area contributed by atoms with Crippen molar-refractivity contribution < 1.29 is 9.53 Å². The van der Waals surface area contributed by atoms with E-state index in [0.29, 0.717) is 13.0 Å². The first kappa shape index (κ1) is 25.3. The fourth-order valence-electron chi connectivity index (χ4n) is 5.40. The number of anilines is 1. The number of ether oxygens (including phenoxy) is 1. The number of benzene rings is 3. The average molecular weight is 495 g/mol. The summed E-state index contributed by atoms with van der Waals surface area (Å²) < 4.78 is 5.96. The molecule has 0 spiro atoms. The fourth-order valence-corrected chi connectivity index (χ4v) is 5.40. The molecule has 1 amide bonds. The van der Waals surface area contributed by atoms with Gasteiger partial charge in [0.1, 0.15) is 5.75 Å². The second-order valence-electron chi connectivity index (χ2n) is 10.6. The largest absolute Gasteiger partial charge is 0.493 e. The summed E-state index contributed by atoms with van der Waals surface area (Å²) in [7, 11) is 2.26. The van der Waals surface area contributed by atoms with E-state index in [1.807, 2.05) is 24.3 Å². The Kier molecular flexibility index (Phi) is 8.05. The molecule has 0 radical (unpaired) electrons. The molecule has 0 atom stereocenters. The molecule has 3 aromatic carbocycles. The van der Waals surface area contributed by atoms with Crippen molar-refractivity contribution >= 4 is 17.7 Å². The molecule has 1 fully saturated rings. The van der Waals surface area contributed by atoms with Gasteiger partial charge >= 0.3 is 0 Å². The first-order valence-corrected chi connectivity index (χ1v) is 13.7. The normalized spacial score (nSPS) is 15.9. The molecular formula is C33H38N2O2. The zero-order valence-electron chi connectivity index (χ0n) is 22.1. The highest BCUT2D eigenvalue weighted by Crippen LogP contribution is 2.31. The minimum Gasteiger partial charge on any atom is -0.493 e. The van der Waals surface area contributed by atoms with Crippen molar-refractivity contribution in [1.29, 1.82) is 0 Å². The molecule has 2 aliphatic rings. The molecule has 0 unspecified atom stereocenters. The highest BCUT2D eigenvalue weighted by atomic mass is 16.5. The summed E-state index contributed by atoms with van der Waals surface area (Å²) in [4.78, 5) is 15.7. The molecule has 0 saturated heterocycles. The van der Waals surface area contributed by atoms with Gasteiger partial charge in [0.05, 0.1) is 6.61 Å². The van der Waals surface area contributed by atoms with Crippen LogP contribution >= 0.6 is 0 Å². The van der Waals surface area contributed by atoms with Crippen molar-refractivity contribution in [2.75, 3.05) is 25.5 Å². The predicted octanol–water partition coefficient (Wildman–Crippen LogP) is 7.27. The number of hydrogen-bond acceptors (Lipinski definition) is 3. The van der Waals surface area contributed by atoms with Crippen LogP contribution in [-0.4, -0.2) is 37.0 Å². The van der Waals surface area contributed by atoms with Gasteiger partial charge in [-0.2, -0.15) is 0 Å². The molecule has 1 heterocycles. The Bertz CT molecular complexity index is 1240. The molecule has 1 aliphatic heterocycles. The van der Waals surface area contributed by atoms with Gasteiger partial charge in [0.15, 0.2) is 0 Å². The summed E-state index contributed by atoms with van der Waals surface area (Å²) in [5.74, 6) is 0.753. The van der Waals surface area contributed by atoms with Crippen molar-refractivity contribution in [1.82, 2.24) is 4.90 Å². The van der Waals surface area contributed by atoms with E-state index in [4.69, 9.17) is 4.74 Å². The van der Waals surface area contributed by atoms with E-state index in [1.165, 1.54) is 43.2 Å². The Morgan fingerprint density at radius 1 is 0.946 bits per heavy atom. The maximum Gasteiger partial charge on any atom is 0.251 e. The Balaban J connectivity index is 1.22. The highest BCUT2D eigenvalue weighted by molar-refractivity contribution is 6.07. The van der Waals surface area contributed by atoms with Crippen molar-refractivity contribution in [3.8, 4) is 16.9 Å². The van der Waals surface area contributed by atoms with Crippen LogP contribution in [0.5, 0.6) is 5.75 Å². The SMILES string of the molecule is Cc1ccc(-c2ccc3c(c2)C=C(C(=O)Nc2ccc(CCN(C)C4CCCCC4)cc2)CCO3)cc1. The number of carbonyl (C=O) groups is 1. The summed E-state index contributed by atoms with van der Waals surface area (Å²) >= 11 is 0. The fraction of sp³-hybridized carbons (Fsp3) is 0.364. The van der Waals surface area contributed by atoms with Gasteiger partial charge < -0.3 is 15.0 Å². The number of rotatable bonds is 7. The molecule has 4 nitrogen and oxygen atoms in total. The average Bonchev–Trinajstić information content (AvgIpc) is 3.15. The van der Waals surface area contributed by atoms with Gasteiger partial charge in [-0.05, 0) is 80.3 Å². The first-order chi connectivity index (χ1) is 18.0. The van der Waals surface area contributed by atoms with E-state index < -0.39 is 0 Å². The second-order valence-corrected chi connectivity index (χ2v) is 10.6. The van der Waals surface area contributed by atoms with Crippen LogP contribution in [0, 0.1) is 6.92 Å². The maximum atomic E-state index is 13.2. The van der Waals surface area contributed by atoms with E-state index in [1.54, 1.807) is 0 Å². The first-order valence-electron chi connectivity index (χ1n) is 13.7. The van der Waals surface area contributed by atoms with Crippen LogP contribution in [-0.2, 0) is 11.2 Å². The third kappa shape index (κ3) is 6.50. The lowest BCUT2D eigenvalue weighted by Gasteiger charge is -2.31. The molecule has 5 rings (SSSR count). The van der Waals surface area contributed by atoms with Crippen molar-refractivity contribution in [3.05, 3.63) is 89.0 Å². The smallest absolute Gasteiger partial charge is 0.251 e. The number of nitrogens with zero attached hydrogens (tertiary/aromatic N) is 1. The van der Waals surface area contributed by atoms with Gasteiger partial charge in [0.2, 0.25) is 0 Å². The molecule has 1 N–H and O–H groups in total. The van der Waals surface area contributed by atoms with Gasteiger partial charge in [-0.25, -0.2) is 0 Å². The van der Waals surface area contributed by atoms with Crippen LogP contribution in [0.25, 0.3) is 17.2 Å². The number of hydrogen-bond donors (Lipinski definition) is 1. The molecule has 3 aromatic rings. The summed E-state index contributed by atoms with van der Waals surface area (Å²) in [6.45, 7) is 3.66. The topological polar surface area (TPSA) is 41.6 Å². The van der Waals surface area contributed by atoms with E-state index in [9.17, 15) is 4.79 Å². The lowest BCUT2D eigenvalue weighted by Crippen LogP contribution is -2.34. The van der Waals surface area contributed by atoms with Gasteiger partial charge in [-0.1, -0.05) is 67.3 Å². The Morgan fingerprint density at radius 2 is 1.68 bits per heavy atom. The Hall–Kier alpha value is -3.37. The van der Waals surface area contributed by atoms with Gasteiger partial charge in [-0.15, -0.1) is 0 Å². The number of amides is 1. The third-order valence-electron chi connectivity index (χ3n) is 7.81. The minimum absolute atomic E-state index is 0.0676. The van der Waals surface area contributed by atoms with Crippen LogP contribution < -0.4 is 10.1 Å². The molecule has 0 aromatic heterocycles. The van der Waals surface area contributed by atoms with Crippen molar-refractivity contribution in [2.45, 2.75) is 57.9 Å². The molecule has 1 aliphatic carbocycles. The molecule has 192 valence electrons. The molecule has 37 heavy (non-hydrogen) atoms. The van der Waals surface area contributed by atoms with Crippen LogP contribution in [0.2, 0.25) is 0 Å². The minimum atomic E-state index is -0.0676. The zero-order valence-corrected chi connectivity index (χ0v) is 22.1. The predicted molar refractivity (Wildman–Crippen MR) is 153 cm³/mol. The lowest BCUT2D eigenvalue weighted by atomic mass is 9.94. The molecule has 0 bridgehead atoms. The third-order valence-corrected chi connectivity index (χ3v) is 7.81. The van der Waals surface area contributed by atoms with E-state index >= 15 is 0 Å².